The summed E-state index contributed by atoms with van der Waals surface area (Å²) in [6.07, 6.45) is -4.96. The van der Waals surface area contributed by atoms with Crippen molar-refractivity contribution in [1.82, 2.24) is 35.3 Å². The molecule has 5 unspecified atom stereocenters. The molecule has 5 rings (SSSR count). The molecule has 20 heteroatoms. The summed E-state index contributed by atoms with van der Waals surface area (Å²) in [5, 5.41) is 82.5. The zero-order chi connectivity index (χ0) is 34.0. The van der Waals surface area contributed by atoms with Crippen molar-refractivity contribution in [3.05, 3.63) is 47.7 Å². The average molecular weight is 690 g/mol. The van der Waals surface area contributed by atoms with E-state index in [9.17, 15) is 48.6 Å². The van der Waals surface area contributed by atoms with Gasteiger partial charge in [0, 0.05) is 12.1 Å². The molecule has 0 saturated carbocycles. The number of halogens is 3. The number of ether oxygens (including phenoxy) is 2. The Bertz CT molecular complexity index is 1510. The minimum Gasteiger partial charge on any atom is -0.394 e. The van der Waals surface area contributed by atoms with E-state index in [-0.39, 0.29) is 17.0 Å². The van der Waals surface area contributed by atoms with Crippen molar-refractivity contribution in [2.24, 2.45) is 0 Å². The molecule has 0 radical (unpaired) electrons. The van der Waals surface area contributed by atoms with Crippen molar-refractivity contribution in [3.8, 4) is 11.3 Å². The highest BCUT2D eigenvalue weighted by Gasteiger charge is 2.51. The molecule has 1 aromatic carbocycles. The van der Waals surface area contributed by atoms with Crippen LogP contribution in [-0.2, 0) is 9.47 Å². The minimum absolute atomic E-state index is 0.0799. The van der Waals surface area contributed by atoms with Gasteiger partial charge in [-0.1, -0.05) is 35.5 Å². The van der Waals surface area contributed by atoms with Crippen LogP contribution in [0.4, 0.5) is 13.2 Å². The number of aliphatic hydroxyl groups is 6. The van der Waals surface area contributed by atoms with E-state index in [1.54, 1.807) is 0 Å². The Labute approximate surface area is 269 Å². The summed E-state index contributed by atoms with van der Waals surface area (Å²) in [6.45, 7) is 0.943. The first-order valence-electron chi connectivity index (χ1n) is 14.7. The van der Waals surface area contributed by atoms with E-state index in [1.807, 2.05) is 6.92 Å². The van der Waals surface area contributed by atoms with E-state index < -0.39 is 96.2 Å². The first kappa shape index (κ1) is 35.1. The van der Waals surface area contributed by atoms with Crippen LogP contribution >= 0.6 is 11.8 Å². The van der Waals surface area contributed by atoms with Gasteiger partial charge in [-0.2, -0.15) is 0 Å². The highest BCUT2D eigenvalue weighted by molar-refractivity contribution is 8.00. The Morgan fingerprint density at radius 2 is 1.40 bits per heavy atom. The van der Waals surface area contributed by atoms with Crippen LogP contribution < -0.4 is 5.32 Å². The Morgan fingerprint density at radius 1 is 0.872 bits per heavy atom. The number of hydrogen-bond donors (Lipinski definition) is 7. The standard InChI is InChI=1S/C27H34F3N7O9S/c1-2-3-4-31-25(44)15-8-37(35-33-15)20-22(41)17(10-39)46-27(24(20)43)47-26-23(42)19(21(40)16(9-38)45-26)36-7-14(32-34-36)11-5-12(28)18(30)13(29)6-11/h5-8,16-17,19-24,26-27,38-43H,2-4,9-10H2,1H3,(H,31,44)/t16?,17-,19?,20?,21+,22?,23+,24-,26+,27?/m1/s1. The second-order valence-electron chi connectivity index (χ2n) is 11.1. The molecule has 0 aliphatic carbocycles. The highest BCUT2D eigenvalue weighted by atomic mass is 32.2. The van der Waals surface area contributed by atoms with Crippen LogP contribution in [0.2, 0.25) is 0 Å². The molecule has 2 saturated heterocycles. The molecule has 0 bridgehead atoms. The van der Waals surface area contributed by atoms with Crippen molar-refractivity contribution >= 4 is 17.7 Å². The normalized spacial score (nSPS) is 31.2. The molecule has 2 aliphatic rings. The quantitative estimate of drug-likeness (QED) is 0.0935. The van der Waals surface area contributed by atoms with Gasteiger partial charge >= 0.3 is 0 Å². The third kappa shape index (κ3) is 7.15. The monoisotopic (exact) mass is 689 g/mol. The maximum atomic E-state index is 13.8. The number of amides is 1. The predicted octanol–water partition coefficient (Wildman–Crippen LogP) is -1.12. The van der Waals surface area contributed by atoms with Gasteiger partial charge in [-0.3, -0.25) is 4.79 Å². The predicted molar refractivity (Wildman–Crippen MR) is 154 cm³/mol. The third-order valence-corrected chi connectivity index (χ3v) is 9.24. The zero-order valence-corrected chi connectivity index (χ0v) is 25.6. The summed E-state index contributed by atoms with van der Waals surface area (Å²) in [4.78, 5) is 12.5. The molecule has 3 aromatic rings. The SMILES string of the molecule is CCCCNC(=O)c1cn(C2C(O)[C@@H](CO)OC(S[C@@H]3OC(CO)[C@H](O)C(n4cc(-c5cc(F)c(F)c(F)c5)nn4)[C@@H]3O)[C@@H]2O)nn1. The van der Waals surface area contributed by atoms with E-state index in [4.69, 9.17) is 9.47 Å². The first-order chi connectivity index (χ1) is 22.5. The molecule has 10 atom stereocenters. The Balaban J connectivity index is 1.37. The summed E-state index contributed by atoms with van der Waals surface area (Å²) in [5.41, 5.74) is -3.05. The third-order valence-electron chi connectivity index (χ3n) is 7.92. The molecule has 4 heterocycles. The molecule has 2 aromatic heterocycles. The molecule has 2 aliphatic heterocycles. The van der Waals surface area contributed by atoms with Crippen LogP contribution in [0.5, 0.6) is 0 Å². The number of rotatable bonds is 11. The molecule has 47 heavy (non-hydrogen) atoms. The van der Waals surface area contributed by atoms with Crippen LogP contribution in [-0.4, -0.2) is 134 Å². The number of hydrogen-bond acceptors (Lipinski definition) is 14. The molecule has 258 valence electrons. The second kappa shape index (κ2) is 14.9. The fourth-order valence-corrected chi connectivity index (χ4v) is 6.69. The van der Waals surface area contributed by atoms with Gasteiger partial charge in [-0.15, -0.1) is 10.2 Å². The number of nitrogens with zero attached hydrogens (tertiary/aromatic N) is 6. The van der Waals surface area contributed by atoms with Gasteiger partial charge in [0.1, 0.15) is 65.3 Å². The number of carbonyl (C=O) groups excluding carboxylic acids is 1. The van der Waals surface area contributed by atoms with E-state index in [2.05, 4.69) is 25.9 Å². The molecule has 16 nitrogen and oxygen atoms in total. The van der Waals surface area contributed by atoms with Crippen molar-refractivity contribution in [3.63, 3.8) is 0 Å². The largest absolute Gasteiger partial charge is 0.394 e. The van der Waals surface area contributed by atoms with Gasteiger partial charge < -0.3 is 45.4 Å². The lowest BCUT2D eigenvalue weighted by Gasteiger charge is -2.46. The number of aromatic nitrogens is 6. The summed E-state index contributed by atoms with van der Waals surface area (Å²) < 4.78 is 54.7. The fraction of sp³-hybridized carbons (Fsp3) is 0.593. The number of aliphatic hydroxyl groups excluding tert-OH is 6. The van der Waals surface area contributed by atoms with Crippen molar-refractivity contribution in [1.29, 1.82) is 0 Å². The van der Waals surface area contributed by atoms with Crippen molar-refractivity contribution < 1.29 is 58.1 Å². The molecule has 1 amide bonds. The van der Waals surface area contributed by atoms with Gasteiger partial charge in [0.15, 0.2) is 23.1 Å². The Hall–Kier alpha value is -3.21. The first-order valence-corrected chi connectivity index (χ1v) is 15.6. The van der Waals surface area contributed by atoms with Crippen LogP contribution in [0, 0.1) is 17.5 Å². The van der Waals surface area contributed by atoms with Crippen LogP contribution in [0.1, 0.15) is 42.3 Å². The van der Waals surface area contributed by atoms with Crippen LogP contribution in [0.3, 0.4) is 0 Å². The van der Waals surface area contributed by atoms with Crippen molar-refractivity contribution in [2.75, 3.05) is 19.8 Å². The molecular formula is C27H34F3N7O9S. The number of unbranched alkanes of at least 4 members (excludes halogenated alkanes) is 1. The summed E-state index contributed by atoms with van der Waals surface area (Å²) in [6, 6.07) is -1.26. The lowest BCUT2D eigenvalue weighted by atomic mass is 9.97. The van der Waals surface area contributed by atoms with Gasteiger partial charge in [0.25, 0.3) is 5.91 Å². The van der Waals surface area contributed by atoms with E-state index in [0.29, 0.717) is 30.4 Å². The maximum absolute atomic E-state index is 13.8. The number of thioether (sulfide) groups is 1. The second-order valence-corrected chi connectivity index (χ2v) is 12.3. The molecular weight excluding hydrogens is 655 g/mol. The fourth-order valence-electron chi connectivity index (χ4n) is 5.37. The minimum atomic E-state index is -1.68. The number of benzene rings is 1. The Kier molecular flexibility index (Phi) is 11.1. The lowest BCUT2D eigenvalue weighted by Crippen LogP contribution is -2.58. The molecule has 0 spiro atoms. The maximum Gasteiger partial charge on any atom is 0.273 e. The van der Waals surface area contributed by atoms with E-state index in [1.165, 1.54) is 6.20 Å². The smallest absolute Gasteiger partial charge is 0.273 e. The summed E-state index contributed by atoms with van der Waals surface area (Å²) in [5.74, 6) is -5.13. The molecule has 2 fully saturated rings. The number of nitrogens with one attached hydrogen (secondary N) is 1. The van der Waals surface area contributed by atoms with Crippen LogP contribution in [0.15, 0.2) is 24.5 Å². The molecule has 7 N–H and O–H groups in total. The number of carbonyl (C=O) groups is 1. The topological polar surface area (TPSA) is 230 Å². The van der Waals surface area contributed by atoms with Gasteiger partial charge in [-0.05, 0) is 18.6 Å². The van der Waals surface area contributed by atoms with E-state index >= 15 is 0 Å². The highest BCUT2D eigenvalue weighted by Crippen LogP contribution is 2.42. The average Bonchev–Trinajstić information content (AvgIpc) is 3.73. The van der Waals surface area contributed by atoms with Gasteiger partial charge in [-0.25, -0.2) is 22.5 Å². The Morgan fingerprint density at radius 3 is 1.94 bits per heavy atom. The lowest BCUT2D eigenvalue weighted by molar-refractivity contribution is -0.189. The van der Waals surface area contributed by atoms with Crippen LogP contribution in [0.25, 0.3) is 11.3 Å². The van der Waals surface area contributed by atoms with Gasteiger partial charge in [0.05, 0.1) is 25.6 Å². The van der Waals surface area contributed by atoms with Crippen molar-refractivity contribution in [2.45, 2.75) is 79.3 Å². The van der Waals surface area contributed by atoms with E-state index in [0.717, 1.165) is 28.4 Å². The summed E-state index contributed by atoms with van der Waals surface area (Å²) in [7, 11) is 0. The summed E-state index contributed by atoms with van der Waals surface area (Å²) >= 11 is 0.700. The van der Waals surface area contributed by atoms with Gasteiger partial charge in [0.2, 0.25) is 0 Å². The zero-order valence-electron chi connectivity index (χ0n) is 24.8.